The second kappa shape index (κ2) is 11.5. The molecule has 4 nitrogen and oxygen atoms in total. The van der Waals surface area contributed by atoms with E-state index in [4.69, 9.17) is 0 Å². The van der Waals surface area contributed by atoms with E-state index in [2.05, 4.69) is 73.7 Å². The van der Waals surface area contributed by atoms with Crippen LogP contribution < -0.4 is 0 Å². The van der Waals surface area contributed by atoms with E-state index in [1.54, 1.807) is 18.6 Å². The van der Waals surface area contributed by atoms with Crippen LogP contribution in [0.2, 0.25) is 0 Å². The topological polar surface area (TPSA) is 63.1 Å². The zero-order chi connectivity index (χ0) is 21.7. The first-order chi connectivity index (χ1) is 13.6. The maximum Gasteiger partial charge on any atom is 0.140 e. The first kappa shape index (κ1) is 25.1. The summed E-state index contributed by atoms with van der Waals surface area (Å²) in [4.78, 5) is 21.3. The van der Waals surface area contributed by atoms with Gasteiger partial charge < -0.3 is 5.11 Å². The van der Waals surface area contributed by atoms with Crippen molar-refractivity contribution in [3.63, 3.8) is 0 Å². The Morgan fingerprint density at radius 1 is 1.00 bits per heavy atom. The summed E-state index contributed by atoms with van der Waals surface area (Å²) in [6, 6.07) is 0. The van der Waals surface area contributed by atoms with Crippen LogP contribution >= 0.6 is 63.7 Å². The van der Waals surface area contributed by atoms with E-state index in [-0.39, 0.29) is 17.6 Å². The largest absolute Gasteiger partial charge is 0.393 e. The molecule has 2 atom stereocenters. The number of Topliss-reactive ketones (excluding diaryl/α,β-unsaturated/α-hetero) is 1. The molecule has 0 fully saturated rings. The van der Waals surface area contributed by atoms with E-state index in [0.29, 0.717) is 25.7 Å². The number of nitrogens with zero attached hydrogens (tertiary/aromatic N) is 2. The number of halogens is 4. The van der Waals surface area contributed by atoms with Gasteiger partial charge in [0, 0.05) is 55.2 Å². The molecule has 0 aromatic carbocycles. The van der Waals surface area contributed by atoms with Crippen LogP contribution in [0.5, 0.6) is 0 Å². The Labute approximate surface area is 205 Å². The smallest absolute Gasteiger partial charge is 0.140 e. The minimum Gasteiger partial charge on any atom is -0.393 e. The monoisotopic (exact) mass is 652 g/mol. The molecule has 0 spiro atoms. The molecule has 2 aromatic rings. The molecule has 2 unspecified atom stereocenters. The lowest BCUT2D eigenvalue weighted by Gasteiger charge is -2.18. The number of aliphatic hydroxyl groups excluding tert-OH is 1. The summed E-state index contributed by atoms with van der Waals surface area (Å²) in [7, 11) is 0. The maximum absolute atomic E-state index is 12.7. The number of hydrogen-bond acceptors (Lipinski definition) is 4. The van der Waals surface area contributed by atoms with Crippen LogP contribution in [0.3, 0.4) is 0 Å². The molecule has 158 valence electrons. The fraction of sp³-hybridized carbons (Fsp3) is 0.476. The standard InChI is InChI=1S/C21H24Br4N2O2/c1-11(2)19(28)7-14-17(24)10-27-18(21(14)25)5-4-12(3)20(29)6-13-15(22)8-26-9-16(13)23/h8-12,19,28H,4-7H2,1-3H3. The highest BCUT2D eigenvalue weighted by Gasteiger charge is 2.20. The fourth-order valence-corrected chi connectivity index (χ4v) is 5.44. The molecule has 0 bridgehead atoms. The quantitative estimate of drug-likeness (QED) is 0.337. The number of rotatable bonds is 9. The van der Waals surface area contributed by atoms with Crippen LogP contribution in [-0.4, -0.2) is 27.0 Å². The number of aliphatic hydroxyl groups is 1. The Balaban J connectivity index is 2.06. The van der Waals surface area contributed by atoms with Gasteiger partial charge in [-0.05, 0) is 93.6 Å². The van der Waals surface area contributed by atoms with E-state index < -0.39 is 6.10 Å². The van der Waals surface area contributed by atoms with E-state index >= 15 is 0 Å². The second-order valence-corrected chi connectivity index (χ2v) is 10.9. The van der Waals surface area contributed by atoms with Gasteiger partial charge in [-0.2, -0.15) is 0 Å². The average Bonchev–Trinajstić information content (AvgIpc) is 2.66. The summed E-state index contributed by atoms with van der Waals surface area (Å²) < 4.78 is 3.45. The first-order valence-electron chi connectivity index (χ1n) is 9.42. The lowest BCUT2D eigenvalue weighted by atomic mass is 9.94. The third-order valence-electron chi connectivity index (χ3n) is 4.99. The summed E-state index contributed by atoms with van der Waals surface area (Å²) in [5.74, 6) is 0.264. The zero-order valence-corrected chi connectivity index (χ0v) is 22.9. The van der Waals surface area contributed by atoms with Gasteiger partial charge in [-0.1, -0.05) is 20.8 Å². The number of hydrogen-bond donors (Lipinski definition) is 1. The molecule has 8 heteroatoms. The van der Waals surface area contributed by atoms with Gasteiger partial charge in [-0.3, -0.25) is 14.8 Å². The van der Waals surface area contributed by atoms with Crippen molar-refractivity contribution >= 4 is 69.5 Å². The molecule has 29 heavy (non-hydrogen) atoms. The molecule has 0 saturated carbocycles. The van der Waals surface area contributed by atoms with Crippen LogP contribution in [-0.2, 0) is 24.1 Å². The van der Waals surface area contributed by atoms with E-state index in [1.165, 1.54) is 0 Å². The average molecular weight is 656 g/mol. The van der Waals surface area contributed by atoms with Crippen molar-refractivity contribution < 1.29 is 9.90 Å². The number of carbonyl (C=O) groups excluding carboxylic acids is 1. The minimum atomic E-state index is -0.421. The minimum absolute atomic E-state index is 0.0935. The van der Waals surface area contributed by atoms with Gasteiger partial charge in [0.2, 0.25) is 0 Å². The van der Waals surface area contributed by atoms with Gasteiger partial charge in [-0.25, -0.2) is 0 Å². The molecule has 0 aliphatic rings. The summed E-state index contributed by atoms with van der Waals surface area (Å²) in [5, 5.41) is 10.3. The lowest BCUT2D eigenvalue weighted by molar-refractivity contribution is -0.121. The third kappa shape index (κ3) is 6.92. The van der Waals surface area contributed by atoms with Gasteiger partial charge in [0.15, 0.2) is 0 Å². The van der Waals surface area contributed by atoms with Crippen molar-refractivity contribution in [2.75, 3.05) is 0 Å². The third-order valence-corrected chi connectivity index (χ3v) is 7.98. The predicted molar refractivity (Wildman–Crippen MR) is 130 cm³/mol. The van der Waals surface area contributed by atoms with Crippen LogP contribution in [0, 0.1) is 11.8 Å². The Morgan fingerprint density at radius 3 is 2.17 bits per heavy atom. The Kier molecular flexibility index (Phi) is 9.93. The SMILES string of the molecule is CC(CCc1ncc(Br)c(CC(O)C(C)C)c1Br)C(=O)Cc1c(Br)cncc1Br. The van der Waals surface area contributed by atoms with Crippen LogP contribution in [0.15, 0.2) is 36.5 Å². The van der Waals surface area contributed by atoms with Gasteiger partial charge in [-0.15, -0.1) is 0 Å². The molecule has 2 aromatic heterocycles. The highest BCUT2D eigenvalue weighted by molar-refractivity contribution is 9.11. The molecule has 0 amide bonds. The molecule has 2 rings (SSSR count). The van der Waals surface area contributed by atoms with Crippen LogP contribution in [0.4, 0.5) is 0 Å². The molecule has 0 saturated heterocycles. The Morgan fingerprint density at radius 2 is 1.59 bits per heavy atom. The number of carbonyl (C=O) groups is 1. The van der Waals surface area contributed by atoms with Crippen molar-refractivity contribution in [1.29, 1.82) is 0 Å². The Bertz CT molecular complexity index is 854. The van der Waals surface area contributed by atoms with Crippen molar-refractivity contribution in [3.8, 4) is 0 Å². The highest BCUT2D eigenvalue weighted by Crippen LogP contribution is 2.31. The van der Waals surface area contributed by atoms with E-state index in [1.807, 2.05) is 20.8 Å². The summed E-state index contributed by atoms with van der Waals surface area (Å²) in [6.07, 6.45) is 7.05. The predicted octanol–water partition coefficient (Wildman–Crippen LogP) is 6.47. The molecule has 2 heterocycles. The molecular weight excluding hydrogens is 632 g/mol. The molecule has 0 radical (unpaired) electrons. The fourth-order valence-electron chi connectivity index (χ4n) is 2.82. The molecule has 0 aliphatic heterocycles. The van der Waals surface area contributed by atoms with Crippen LogP contribution in [0.25, 0.3) is 0 Å². The van der Waals surface area contributed by atoms with E-state index in [0.717, 1.165) is 34.7 Å². The summed E-state index contributed by atoms with van der Waals surface area (Å²) in [6.45, 7) is 5.96. The first-order valence-corrected chi connectivity index (χ1v) is 12.6. The molecular formula is C21H24Br4N2O2. The number of ketones is 1. The highest BCUT2D eigenvalue weighted by atomic mass is 79.9. The number of aromatic nitrogens is 2. The van der Waals surface area contributed by atoms with Gasteiger partial charge in [0.05, 0.1) is 11.8 Å². The lowest BCUT2D eigenvalue weighted by Crippen LogP contribution is -2.19. The van der Waals surface area contributed by atoms with Crippen molar-refractivity contribution in [1.82, 2.24) is 9.97 Å². The summed E-state index contributed by atoms with van der Waals surface area (Å²) in [5.41, 5.74) is 2.84. The van der Waals surface area contributed by atoms with Crippen molar-refractivity contribution in [2.45, 2.75) is 52.6 Å². The zero-order valence-electron chi connectivity index (χ0n) is 16.6. The van der Waals surface area contributed by atoms with Crippen LogP contribution in [0.1, 0.15) is 44.0 Å². The maximum atomic E-state index is 12.7. The second-order valence-electron chi connectivity index (χ2n) is 7.53. The normalized spacial score (nSPS) is 13.6. The van der Waals surface area contributed by atoms with Gasteiger partial charge in [0.25, 0.3) is 0 Å². The Hall–Kier alpha value is -0.150. The summed E-state index contributed by atoms with van der Waals surface area (Å²) >= 11 is 14.1. The molecule has 1 N–H and O–H groups in total. The van der Waals surface area contributed by atoms with E-state index in [9.17, 15) is 9.90 Å². The molecule has 0 aliphatic carbocycles. The van der Waals surface area contributed by atoms with Gasteiger partial charge in [0.1, 0.15) is 5.78 Å². The number of pyridine rings is 2. The van der Waals surface area contributed by atoms with Crippen molar-refractivity contribution in [2.24, 2.45) is 11.8 Å². The van der Waals surface area contributed by atoms with Gasteiger partial charge >= 0.3 is 0 Å². The van der Waals surface area contributed by atoms with Crippen molar-refractivity contribution in [3.05, 3.63) is 53.3 Å². The number of aryl methyl sites for hydroxylation is 1.